The number of hydrogen-bond donors (Lipinski definition) is 2. The molecule has 1 saturated carbocycles. The molecule has 1 aliphatic carbocycles. The van der Waals surface area contributed by atoms with E-state index in [2.05, 4.69) is 17.2 Å². The number of hydrogen-bond acceptors (Lipinski definition) is 4. The van der Waals surface area contributed by atoms with Crippen molar-refractivity contribution in [2.45, 2.75) is 37.9 Å². The summed E-state index contributed by atoms with van der Waals surface area (Å²) in [6, 6.07) is 0. The van der Waals surface area contributed by atoms with Gasteiger partial charge in [0.15, 0.2) is 0 Å². The second-order valence-electron chi connectivity index (χ2n) is 6.29. The van der Waals surface area contributed by atoms with Gasteiger partial charge in [0, 0.05) is 26.3 Å². The van der Waals surface area contributed by atoms with Crippen LogP contribution in [-0.2, 0) is 19.1 Å². The van der Waals surface area contributed by atoms with Crippen LogP contribution < -0.4 is 10.6 Å². The summed E-state index contributed by atoms with van der Waals surface area (Å²) in [5.74, 6) is -0.993. The second-order valence-corrected chi connectivity index (χ2v) is 6.29. The molecule has 0 radical (unpaired) electrons. The SMILES string of the molecule is C=C1[C@@H](C(=O)NC[C@H]2CCCO2)[C@@H]1C(=O)NC[C@@H]1CCCO1. The molecule has 6 nitrogen and oxygen atoms in total. The van der Waals surface area contributed by atoms with Crippen LogP contribution >= 0.6 is 0 Å². The molecule has 2 aliphatic heterocycles. The Hall–Kier alpha value is -1.40. The smallest absolute Gasteiger partial charge is 0.228 e. The molecule has 122 valence electrons. The summed E-state index contributed by atoms with van der Waals surface area (Å²) in [6.07, 6.45) is 4.29. The first-order chi connectivity index (χ1) is 10.7. The van der Waals surface area contributed by atoms with E-state index < -0.39 is 0 Å². The average Bonchev–Trinajstić information content (AvgIpc) is 2.98. The molecule has 0 aromatic rings. The van der Waals surface area contributed by atoms with Crippen molar-refractivity contribution in [2.24, 2.45) is 11.8 Å². The van der Waals surface area contributed by atoms with Crippen LogP contribution in [0.15, 0.2) is 12.2 Å². The van der Waals surface area contributed by atoms with Crippen molar-refractivity contribution in [3.63, 3.8) is 0 Å². The topological polar surface area (TPSA) is 76.7 Å². The molecule has 0 aromatic heterocycles. The van der Waals surface area contributed by atoms with E-state index in [1.165, 1.54) is 0 Å². The molecule has 0 unspecified atom stereocenters. The van der Waals surface area contributed by atoms with Gasteiger partial charge in [0.1, 0.15) is 0 Å². The summed E-state index contributed by atoms with van der Waals surface area (Å²) in [7, 11) is 0. The molecule has 0 aromatic carbocycles. The van der Waals surface area contributed by atoms with Crippen molar-refractivity contribution in [1.82, 2.24) is 10.6 Å². The van der Waals surface area contributed by atoms with Crippen LogP contribution in [0.3, 0.4) is 0 Å². The molecule has 22 heavy (non-hydrogen) atoms. The Labute approximate surface area is 130 Å². The van der Waals surface area contributed by atoms with Gasteiger partial charge >= 0.3 is 0 Å². The fourth-order valence-electron chi connectivity index (χ4n) is 3.21. The molecule has 3 rings (SSSR count). The first-order valence-corrected chi connectivity index (χ1v) is 8.14. The quantitative estimate of drug-likeness (QED) is 0.696. The van der Waals surface area contributed by atoms with Crippen molar-refractivity contribution in [2.75, 3.05) is 26.3 Å². The highest BCUT2D eigenvalue weighted by atomic mass is 16.5. The third-order valence-corrected chi connectivity index (χ3v) is 4.64. The predicted octanol–water partition coefficient (Wildman–Crippen LogP) is 0.379. The molecule has 6 heteroatoms. The molecule has 2 amide bonds. The van der Waals surface area contributed by atoms with Gasteiger partial charge in [0.05, 0.1) is 24.0 Å². The minimum Gasteiger partial charge on any atom is -0.376 e. The highest BCUT2D eigenvalue weighted by Gasteiger charge is 2.52. The van der Waals surface area contributed by atoms with Crippen LogP contribution in [0.2, 0.25) is 0 Å². The van der Waals surface area contributed by atoms with Crippen LogP contribution in [0, 0.1) is 11.8 Å². The summed E-state index contributed by atoms with van der Waals surface area (Å²) in [5.41, 5.74) is 0.703. The van der Waals surface area contributed by atoms with Crippen LogP contribution in [0.1, 0.15) is 25.7 Å². The Balaban J connectivity index is 1.39. The zero-order valence-electron chi connectivity index (χ0n) is 12.8. The average molecular weight is 308 g/mol. The van der Waals surface area contributed by atoms with Crippen molar-refractivity contribution in [3.05, 3.63) is 12.2 Å². The van der Waals surface area contributed by atoms with Crippen molar-refractivity contribution < 1.29 is 19.1 Å². The molecular weight excluding hydrogens is 284 g/mol. The standard InChI is InChI=1S/C16H24N2O4/c1-10-13(15(19)17-8-11-4-2-6-21-11)14(10)16(20)18-9-12-5-3-7-22-12/h11-14H,1-9H2,(H,17,19)(H,18,20)/t11-,12+,13-,14-/m1/s1. The van der Waals surface area contributed by atoms with Crippen molar-refractivity contribution >= 4 is 11.8 Å². The lowest BCUT2D eigenvalue weighted by atomic mass is 10.2. The van der Waals surface area contributed by atoms with E-state index in [1.807, 2.05) is 0 Å². The lowest BCUT2D eigenvalue weighted by Crippen LogP contribution is -2.36. The Morgan fingerprint density at radius 1 is 0.955 bits per heavy atom. The molecule has 2 heterocycles. The third kappa shape index (κ3) is 3.50. The monoisotopic (exact) mass is 308 g/mol. The molecule has 2 N–H and O–H groups in total. The number of amides is 2. The van der Waals surface area contributed by atoms with Crippen molar-refractivity contribution in [3.8, 4) is 0 Å². The van der Waals surface area contributed by atoms with E-state index in [1.54, 1.807) is 0 Å². The number of carbonyl (C=O) groups excluding carboxylic acids is 2. The summed E-state index contributed by atoms with van der Waals surface area (Å²) in [4.78, 5) is 24.2. The molecule has 0 spiro atoms. The highest BCUT2D eigenvalue weighted by Crippen LogP contribution is 2.44. The van der Waals surface area contributed by atoms with Gasteiger partial charge in [-0.05, 0) is 25.7 Å². The maximum absolute atomic E-state index is 12.1. The minimum atomic E-state index is -0.383. The largest absolute Gasteiger partial charge is 0.376 e. The van der Waals surface area contributed by atoms with Crippen molar-refractivity contribution in [1.29, 1.82) is 0 Å². The first kappa shape index (κ1) is 15.5. The molecule has 2 saturated heterocycles. The zero-order chi connectivity index (χ0) is 15.5. The highest BCUT2D eigenvalue weighted by molar-refractivity contribution is 5.99. The van der Waals surface area contributed by atoms with Gasteiger partial charge in [-0.15, -0.1) is 0 Å². The number of carbonyl (C=O) groups is 2. The minimum absolute atomic E-state index is 0.113. The lowest BCUT2D eigenvalue weighted by Gasteiger charge is -2.11. The number of ether oxygens (including phenoxy) is 2. The number of nitrogens with one attached hydrogen (secondary N) is 2. The summed E-state index contributed by atoms with van der Waals surface area (Å²) in [6.45, 7) is 6.43. The van der Waals surface area contributed by atoms with Gasteiger partial charge in [0.25, 0.3) is 0 Å². The Morgan fingerprint density at radius 3 is 1.77 bits per heavy atom. The fraction of sp³-hybridized carbons (Fsp3) is 0.750. The summed E-state index contributed by atoms with van der Waals surface area (Å²) in [5, 5.41) is 5.74. The van der Waals surface area contributed by atoms with Crippen LogP contribution in [0.5, 0.6) is 0 Å². The summed E-state index contributed by atoms with van der Waals surface area (Å²) < 4.78 is 10.9. The second kappa shape index (κ2) is 6.79. The molecular formula is C16H24N2O4. The van der Waals surface area contributed by atoms with Crippen LogP contribution in [-0.4, -0.2) is 50.3 Å². The van der Waals surface area contributed by atoms with E-state index in [4.69, 9.17) is 9.47 Å². The van der Waals surface area contributed by atoms with Gasteiger partial charge in [-0.3, -0.25) is 9.59 Å². The molecule has 0 bridgehead atoms. The predicted molar refractivity (Wildman–Crippen MR) is 80.1 cm³/mol. The zero-order valence-corrected chi connectivity index (χ0v) is 12.8. The van der Waals surface area contributed by atoms with Gasteiger partial charge in [0.2, 0.25) is 11.8 Å². The van der Waals surface area contributed by atoms with E-state index in [0.29, 0.717) is 18.7 Å². The molecule has 4 atom stereocenters. The first-order valence-electron chi connectivity index (χ1n) is 8.14. The number of rotatable bonds is 6. The summed E-state index contributed by atoms with van der Waals surface area (Å²) >= 11 is 0. The van der Waals surface area contributed by atoms with Crippen LogP contribution in [0.25, 0.3) is 0 Å². The maximum atomic E-state index is 12.1. The third-order valence-electron chi connectivity index (χ3n) is 4.64. The fourth-order valence-corrected chi connectivity index (χ4v) is 3.21. The maximum Gasteiger partial charge on any atom is 0.228 e. The van der Waals surface area contributed by atoms with E-state index >= 15 is 0 Å². The Bertz CT molecular complexity index is 413. The van der Waals surface area contributed by atoms with Gasteiger partial charge < -0.3 is 20.1 Å². The van der Waals surface area contributed by atoms with Gasteiger partial charge in [-0.2, -0.15) is 0 Å². The molecule has 3 fully saturated rings. The lowest BCUT2D eigenvalue weighted by molar-refractivity contribution is -0.127. The van der Waals surface area contributed by atoms with Gasteiger partial charge in [-0.1, -0.05) is 12.2 Å². The van der Waals surface area contributed by atoms with E-state index in [0.717, 1.165) is 38.9 Å². The van der Waals surface area contributed by atoms with E-state index in [-0.39, 0.29) is 35.9 Å². The Kier molecular flexibility index (Phi) is 4.78. The Morgan fingerprint density at radius 2 is 1.41 bits per heavy atom. The van der Waals surface area contributed by atoms with E-state index in [9.17, 15) is 9.59 Å². The normalized spacial score (nSPS) is 33.7. The van der Waals surface area contributed by atoms with Crippen LogP contribution in [0.4, 0.5) is 0 Å². The van der Waals surface area contributed by atoms with Gasteiger partial charge in [-0.25, -0.2) is 0 Å². The molecule has 3 aliphatic rings.